The van der Waals surface area contributed by atoms with Crippen molar-refractivity contribution in [3.8, 4) is 0 Å². The highest BCUT2D eigenvalue weighted by molar-refractivity contribution is 5.48. The zero-order valence-electron chi connectivity index (χ0n) is 11.6. The molecule has 0 aliphatic heterocycles. The first kappa shape index (κ1) is 13.6. The molecule has 0 aliphatic carbocycles. The van der Waals surface area contributed by atoms with Crippen molar-refractivity contribution in [2.45, 2.75) is 26.4 Å². The quantitative estimate of drug-likeness (QED) is 0.892. The number of anilines is 1. The third-order valence-corrected chi connectivity index (χ3v) is 3.24. The molecule has 3 heteroatoms. The van der Waals surface area contributed by atoms with E-state index in [-0.39, 0.29) is 6.04 Å². The Morgan fingerprint density at radius 3 is 2.42 bits per heavy atom. The predicted molar refractivity (Wildman–Crippen MR) is 80.0 cm³/mol. The molecule has 0 spiro atoms. The second kappa shape index (κ2) is 6.34. The standard InChI is InChI=1S/C16H21N3/c1-3-19(12-15-6-4-5-11-18-15)16-9-7-14(8-10-16)13(2)17/h4-11,13H,3,12,17H2,1-2H3/t13-/m0/s1. The molecule has 0 amide bonds. The van der Waals surface area contributed by atoms with Gasteiger partial charge in [-0.15, -0.1) is 0 Å². The minimum atomic E-state index is 0.0833. The Bertz CT molecular complexity index is 491. The number of nitrogens with zero attached hydrogens (tertiary/aromatic N) is 2. The largest absolute Gasteiger partial charge is 0.366 e. The number of pyridine rings is 1. The molecular formula is C16H21N3. The summed E-state index contributed by atoms with van der Waals surface area (Å²) in [5.41, 5.74) is 9.33. The van der Waals surface area contributed by atoms with Crippen molar-refractivity contribution in [3.63, 3.8) is 0 Å². The summed E-state index contributed by atoms with van der Waals surface area (Å²) in [7, 11) is 0. The number of hydrogen-bond acceptors (Lipinski definition) is 3. The maximum atomic E-state index is 5.87. The van der Waals surface area contributed by atoms with Crippen LogP contribution in [-0.4, -0.2) is 11.5 Å². The molecule has 0 bridgehead atoms. The molecule has 19 heavy (non-hydrogen) atoms. The molecule has 1 aromatic heterocycles. The monoisotopic (exact) mass is 255 g/mol. The van der Waals surface area contributed by atoms with Gasteiger partial charge < -0.3 is 10.6 Å². The van der Waals surface area contributed by atoms with Gasteiger partial charge in [0.1, 0.15) is 0 Å². The van der Waals surface area contributed by atoms with Crippen LogP contribution in [0.2, 0.25) is 0 Å². The van der Waals surface area contributed by atoms with Gasteiger partial charge in [-0.3, -0.25) is 4.98 Å². The lowest BCUT2D eigenvalue weighted by molar-refractivity contribution is 0.801. The Hall–Kier alpha value is -1.87. The van der Waals surface area contributed by atoms with Crippen LogP contribution < -0.4 is 10.6 Å². The van der Waals surface area contributed by atoms with E-state index in [1.165, 1.54) is 5.69 Å². The van der Waals surface area contributed by atoms with E-state index in [9.17, 15) is 0 Å². The first-order valence-electron chi connectivity index (χ1n) is 6.71. The summed E-state index contributed by atoms with van der Waals surface area (Å²) in [5, 5.41) is 0. The average Bonchev–Trinajstić information content (AvgIpc) is 2.46. The van der Waals surface area contributed by atoms with Gasteiger partial charge in [0.25, 0.3) is 0 Å². The summed E-state index contributed by atoms with van der Waals surface area (Å²) in [4.78, 5) is 6.68. The number of aromatic nitrogens is 1. The third kappa shape index (κ3) is 3.55. The van der Waals surface area contributed by atoms with E-state index >= 15 is 0 Å². The zero-order chi connectivity index (χ0) is 13.7. The normalized spacial score (nSPS) is 12.2. The molecule has 0 saturated carbocycles. The molecule has 2 aromatic rings. The van der Waals surface area contributed by atoms with Crippen LogP contribution in [0.5, 0.6) is 0 Å². The van der Waals surface area contributed by atoms with Crippen molar-refractivity contribution in [2.24, 2.45) is 5.73 Å². The highest BCUT2D eigenvalue weighted by atomic mass is 15.1. The lowest BCUT2D eigenvalue weighted by atomic mass is 10.1. The van der Waals surface area contributed by atoms with E-state index in [4.69, 9.17) is 5.73 Å². The summed E-state index contributed by atoms with van der Waals surface area (Å²) in [6.07, 6.45) is 1.84. The Morgan fingerprint density at radius 2 is 1.89 bits per heavy atom. The Balaban J connectivity index is 2.13. The van der Waals surface area contributed by atoms with Crippen molar-refractivity contribution < 1.29 is 0 Å². The van der Waals surface area contributed by atoms with E-state index in [1.807, 2.05) is 25.3 Å². The van der Waals surface area contributed by atoms with Crippen LogP contribution in [-0.2, 0) is 6.54 Å². The number of rotatable bonds is 5. The molecule has 1 heterocycles. The maximum absolute atomic E-state index is 5.87. The molecule has 3 nitrogen and oxygen atoms in total. The molecule has 2 rings (SSSR count). The molecule has 0 fully saturated rings. The fourth-order valence-electron chi connectivity index (χ4n) is 2.06. The van der Waals surface area contributed by atoms with Gasteiger partial charge in [-0.1, -0.05) is 18.2 Å². The van der Waals surface area contributed by atoms with Gasteiger partial charge in [-0.2, -0.15) is 0 Å². The van der Waals surface area contributed by atoms with Crippen LogP contribution in [0.4, 0.5) is 5.69 Å². The summed E-state index contributed by atoms with van der Waals surface area (Å²) >= 11 is 0. The van der Waals surface area contributed by atoms with Gasteiger partial charge in [-0.05, 0) is 43.7 Å². The molecule has 2 N–H and O–H groups in total. The average molecular weight is 255 g/mol. The van der Waals surface area contributed by atoms with Crippen molar-refractivity contribution in [1.29, 1.82) is 0 Å². The Labute approximate surface area is 115 Å². The summed E-state index contributed by atoms with van der Waals surface area (Å²) in [5.74, 6) is 0. The van der Waals surface area contributed by atoms with E-state index in [1.54, 1.807) is 0 Å². The molecule has 1 aromatic carbocycles. The van der Waals surface area contributed by atoms with Crippen LogP contribution in [0.1, 0.15) is 31.1 Å². The highest BCUT2D eigenvalue weighted by Crippen LogP contribution is 2.19. The second-order valence-electron chi connectivity index (χ2n) is 4.72. The number of benzene rings is 1. The van der Waals surface area contributed by atoms with Crippen LogP contribution in [0.3, 0.4) is 0 Å². The predicted octanol–water partition coefficient (Wildman–Crippen LogP) is 3.13. The van der Waals surface area contributed by atoms with Crippen molar-refractivity contribution in [1.82, 2.24) is 4.98 Å². The molecule has 0 unspecified atom stereocenters. The SMILES string of the molecule is CCN(Cc1ccccn1)c1ccc([C@H](C)N)cc1. The Morgan fingerprint density at radius 1 is 1.16 bits per heavy atom. The molecule has 1 atom stereocenters. The van der Waals surface area contributed by atoms with Crippen molar-refractivity contribution >= 4 is 5.69 Å². The van der Waals surface area contributed by atoms with E-state index in [2.05, 4.69) is 47.1 Å². The maximum Gasteiger partial charge on any atom is 0.0601 e. The lowest BCUT2D eigenvalue weighted by Crippen LogP contribution is -2.22. The van der Waals surface area contributed by atoms with Crippen LogP contribution in [0.25, 0.3) is 0 Å². The van der Waals surface area contributed by atoms with Gasteiger partial charge in [-0.25, -0.2) is 0 Å². The van der Waals surface area contributed by atoms with Crippen LogP contribution in [0.15, 0.2) is 48.7 Å². The fraction of sp³-hybridized carbons (Fsp3) is 0.312. The molecule has 0 saturated heterocycles. The van der Waals surface area contributed by atoms with Crippen LogP contribution >= 0.6 is 0 Å². The molecule has 100 valence electrons. The molecular weight excluding hydrogens is 234 g/mol. The summed E-state index contributed by atoms with van der Waals surface area (Å²) in [6.45, 7) is 5.94. The van der Waals surface area contributed by atoms with E-state index in [0.717, 1.165) is 24.3 Å². The van der Waals surface area contributed by atoms with Gasteiger partial charge in [0.15, 0.2) is 0 Å². The second-order valence-corrected chi connectivity index (χ2v) is 4.72. The van der Waals surface area contributed by atoms with Crippen molar-refractivity contribution in [2.75, 3.05) is 11.4 Å². The fourth-order valence-corrected chi connectivity index (χ4v) is 2.06. The van der Waals surface area contributed by atoms with Gasteiger partial charge in [0, 0.05) is 24.5 Å². The lowest BCUT2D eigenvalue weighted by Gasteiger charge is -2.23. The van der Waals surface area contributed by atoms with E-state index < -0.39 is 0 Å². The third-order valence-electron chi connectivity index (χ3n) is 3.24. The number of hydrogen-bond donors (Lipinski definition) is 1. The van der Waals surface area contributed by atoms with Crippen LogP contribution in [0, 0.1) is 0 Å². The summed E-state index contributed by atoms with van der Waals surface area (Å²) in [6, 6.07) is 14.6. The van der Waals surface area contributed by atoms with Crippen molar-refractivity contribution in [3.05, 3.63) is 59.9 Å². The topological polar surface area (TPSA) is 42.2 Å². The van der Waals surface area contributed by atoms with E-state index in [0.29, 0.717) is 0 Å². The zero-order valence-corrected chi connectivity index (χ0v) is 11.6. The number of nitrogens with two attached hydrogens (primary N) is 1. The molecule has 0 radical (unpaired) electrons. The van der Waals surface area contributed by atoms with Gasteiger partial charge in [0.2, 0.25) is 0 Å². The highest BCUT2D eigenvalue weighted by Gasteiger charge is 2.06. The smallest absolute Gasteiger partial charge is 0.0601 e. The van der Waals surface area contributed by atoms with Gasteiger partial charge in [0.05, 0.1) is 12.2 Å². The minimum absolute atomic E-state index is 0.0833. The van der Waals surface area contributed by atoms with Gasteiger partial charge >= 0.3 is 0 Å². The first-order chi connectivity index (χ1) is 9.20. The first-order valence-corrected chi connectivity index (χ1v) is 6.71. The molecule has 0 aliphatic rings. The summed E-state index contributed by atoms with van der Waals surface area (Å²) < 4.78 is 0. The minimum Gasteiger partial charge on any atom is -0.366 e. The Kier molecular flexibility index (Phi) is 4.53.